The molecule has 0 amide bonds. The van der Waals surface area contributed by atoms with E-state index in [2.05, 4.69) is 17.1 Å². The van der Waals surface area contributed by atoms with Crippen molar-refractivity contribution in [3.63, 3.8) is 0 Å². The maximum absolute atomic E-state index is 12.0. The van der Waals surface area contributed by atoms with Crippen molar-refractivity contribution in [1.82, 2.24) is 4.98 Å². The van der Waals surface area contributed by atoms with Crippen molar-refractivity contribution in [2.75, 3.05) is 12.9 Å². The Labute approximate surface area is 133 Å². The lowest BCUT2D eigenvalue weighted by atomic mass is 10.0. The molecule has 0 radical (unpaired) electrons. The van der Waals surface area contributed by atoms with Crippen LogP contribution in [0.2, 0.25) is 0 Å². The summed E-state index contributed by atoms with van der Waals surface area (Å²) in [4.78, 5) is 15.4. The van der Waals surface area contributed by atoms with Gasteiger partial charge in [0.25, 0.3) is 0 Å². The summed E-state index contributed by atoms with van der Waals surface area (Å²) in [6.07, 6.45) is 2.05. The lowest BCUT2D eigenvalue weighted by molar-refractivity contribution is 0.0526. The van der Waals surface area contributed by atoms with Gasteiger partial charge in [-0.1, -0.05) is 30.3 Å². The fourth-order valence-corrected chi connectivity index (χ4v) is 3.20. The molecule has 1 aromatic heterocycles. The molecule has 0 saturated heterocycles. The smallest absolute Gasteiger partial charge is 0.338 e. The second-order valence-corrected chi connectivity index (χ2v) is 5.70. The monoisotopic (exact) mass is 311 g/mol. The number of nitrogens with one attached hydrogen (secondary N) is 1. The van der Waals surface area contributed by atoms with Crippen LogP contribution in [-0.4, -0.2) is 23.8 Å². The quantitative estimate of drug-likeness (QED) is 0.559. The number of rotatable bonds is 4. The number of hydrogen-bond donors (Lipinski definition) is 1. The number of hydrogen-bond acceptors (Lipinski definition) is 3. The minimum absolute atomic E-state index is 0.282. The minimum Gasteiger partial charge on any atom is -0.462 e. The van der Waals surface area contributed by atoms with Gasteiger partial charge in [-0.25, -0.2) is 4.79 Å². The lowest BCUT2D eigenvalue weighted by Gasteiger charge is -2.04. The molecule has 22 heavy (non-hydrogen) atoms. The summed E-state index contributed by atoms with van der Waals surface area (Å²) in [5.41, 5.74) is 3.88. The van der Waals surface area contributed by atoms with Gasteiger partial charge >= 0.3 is 5.97 Å². The molecule has 1 heterocycles. The Hall–Kier alpha value is -2.20. The highest BCUT2D eigenvalue weighted by Gasteiger charge is 2.15. The SMILES string of the molecule is CCOC(=O)c1ccc2[nH]c(SC)c(-c3ccccc3)c2c1. The van der Waals surface area contributed by atoms with E-state index in [-0.39, 0.29) is 5.97 Å². The molecule has 0 spiro atoms. The third kappa shape index (κ3) is 2.62. The highest BCUT2D eigenvalue weighted by molar-refractivity contribution is 7.98. The highest BCUT2D eigenvalue weighted by atomic mass is 32.2. The zero-order valence-electron chi connectivity index (χ0n) is 12.6. The van der Waals surface area contributed by atoms with Crippen molar-refractivity contribution >= 4 is 28.6 Å². The van der Waals surface area contributed by atoms with Gasteiger partial charge in [-0.3, -0.25) is 0 Å². The molecule has 0 aliphatic rings. The van der Waals surface area contributed by atoms with Crippen molar-refractivity contribution in [2.45, 2.75) is 11.9 Å². The number of aromatic nitrogens is 1. The first-order chi connectivity index (χ1) is 10.7. The average Bonchev–Trinajstić information content (AvgIpc) is 2.93. The van der Waals surface area contributed by atoms with Crippen LogP contribution < -0.4 is 0 Å². The van der Waals surface area contributed by atoms with E-state index in [0.717, 1.165) is 27.1 Å². The zero-order valence-corrected chi connectivity index (χ0v) is 13.4. The van der Waals surface area contributed by atoms with Gasteiger partial charge < -0.3 is 9.72 Å². The Morgan fingerprint density at radius 1 is 1.18 bits per heavy atom. The van der Waals surface area contributed by atoms with Crippen LogP contribution in [0.3, 0.4) is 0 Å². The summed E-state index contributed by atoms with van der Waals surface area (Å²) in [6, 6.07) is 15.9. The molecule has 0 aliphatic carbocycles. The third-order valence-corrected chi connectivity index (χ3v) is 4.26. The highest BCUT2D eigenvalue weighted by Crippen LogP contribution is 2.37. The Bertz CT molecular complexity index is 809. The number of fused-ring (bicyclic) bond motifs is 1. The van der Waals surface area contributed by atoms with Gasteiger partial charge in [-0.05, 0) is 36.9 Å². The molecule has 112 valence electrons. The molecule has 3 rings (SSSR count). The molecule has 0 fully saturated rings. The summed E-state index contributed by atoms with van der Waals surface area (Å²) in [5, 5.41) is 2.14. The number of carbonyl (C=O) groups excluding carboxylic acids is 1. The Morgan fingerprint density at radius 3 is 2.64 bits per heavy atom. The van der Waals surface area contributed by atoms with E-state index < -0.39 is 0 Å². The number of H-pyrrole nitrogens is 1. The molecule has 3 nitrogen and oxygen atoms in total. The van der Waals surface area contributed by atoms with E-state index in [1.54, 1.807) is 17.8 Å². The fraction of sp³-hybridized carbons (Fsp3) is 0.167. The first-order valence-corrected chi connectivity index (χ1v) is 8.39. The molecular formula is C18H17NO2S. The molecule has 4 heteroatoms. The first kappa shape index (κ1) is 14.7. The summed E-state index contributed by atoms with van der Waals surface area (Å²) < 4.78 is 5.10. The van der Waals surface area contributed by atoms with Crippen molar-refractivity contribution in [3.8, 4) is 11.1 Å². The average molecular weight is 311 g/mol. The maximum atomic E-state index is 12.0. The van der Waals surface area contributed by atoms with Crippen LogP contribution in [0.25, 0.3) is 22.0 Å². The van der Waals surface area contributed by atoms with E-state index in [9.17, 15) is 4.79 Å². The van der Waals surface area contributed by atoms with Crippen LogP contribution in [0.15, 0.2) is 53.6 Å². The summed E-state index contributed by atoms with van der Waals surface area (Å²) in [7, 11) is 0. The number of ether oxygens (including phenoxy) is 1. The van der Waals surface area contributed by atoms with Gasteiger partial charge in [0.1, 0.15) is 0 Å². The number of thioether (sulfide) groups is 1. The van der Waals surface area contributed by atoms with Gasteiger partial charge in [-0.15, -0.1) is 11.8 Å². The molecule has 3 aromatic rings. The van der Waals surface area contributed by atoms with Crippen LogP contribution in [0.1, 0.15) is 17.3 Å². The van der Waals surface area contributed by atoms with E-state index in [1.165, 1.54) is 0 Å². The topological polar surface area (TPSA) is 42.1 Å². The minimum atomic E-state index is -0.282. The maximum Gasteiger partial charge on any atom is 0.338 e. The van der Waals surface area contributed by atoms with E-state index in [0.29, 0.717) is 12.2 Å². The molecule has 0 atom stereocenters. The predicted octanol–water partition coefficient (Wildman–Crippen LogP) is 4.73. The molecule has 1 N–H and O–H groups in total. The summed E-state index contributed by atoms with van der Waals surface area (Å²) in [6.45, 7) is 2.19. The number of esters is 1. The fourth-order valence-electron chi connectivity index (χ4n) is 2.55. The third-order valence-electron chi connectivity index (χ3n) is 3.54. The van der Waals surface area contributed by atoms with Gasteiger partial charge in [-0.2, -0.15) is 0 Å². The predicted molar refractivity (Wildman–Crippen MR) is 91.5 cm³/mol. The molecular weight excluding hydrogens is 294 g/mol. The van der Waals surface area contributed by atoms with Gasteiger partial charge in [0, 0.05) is 16.5 Å². The molecule has 0 bridgehead atoms. The number of carbonyl (C=O) groups is 1. The Morgan fingerprint density at radius 2 is 1.95 bits per heavy atom. The molecule has 0 unspecified atom stereocenters. The van der Waals surface area contributed by atoms with Crippen LogP contribution in [0.4, 0.5) is 0 Å². The van der Waals surface area contributed by atoms with Crippen molar-refractivity contribution in [3.05, 3.63) is 54.1 Å². The van der Waals surface area contributed by atoms with Crippen molar-refractivity contribution in [1.29, 1.82) is 0 Å². The van der Waals surface area contributed by atoms with Crippen molar-refractivity contribution in [2.24, 2.45) is 0 Å². The summed E-state index contributed by atoms with van der Waals surface area (Å²) >= 11 is 1.67. The van der Waals surface area contributed by atoms with Gasteiger partial charge in [0.2, 0.25) is 0 Å². The second-order valence-electron chi connectivity index (χ2n) is 4.88. The van der Waals surface area contributed by atoms with Gasteiger partial charge in [0.15, 0.2) is 0 Å². The zero-order chi connectivity index (χ0) is 15.5. The molecule has 0 aliphatic heterocycles. The normalized spacial score (nSPS) is 10.8. The standard InChI is InChI=1S/C18H17NO2S/c1-3-21-18(20)13-9-10-15-14(11-13)16(17(19-15)22-2)12-7-5-4-6-8-12/h4-11,19H,3H2,1-2H3. The Balaban J connectivity index is 2.20. The number of aromatic amines is 1. The Kier molecular flexibility index (Phi) is 4.20. The van der Waals surface area contributed by atoms with Crippen molar-refractivity contribution < 1.29 is 9.53 Å². The largest absolute Gasteiger partial charge is 0.462 e. The van der Waals surface area contributed by atoms with E-state index in [1.807, 2.05) is 43.5 Å². The first-order valence-electron chi connectivity index (χ1n) is 7.17. The molecule has 0 saturated carbocycles. The summed E-state index contributed by atoms with van der Waals surface area (Å²) in [5.74, 6) is -0.282. The second kappa shape index (κ2) is 6.28. The van der Waals surface area contributed by atoms with E-state index in [4.69, 9.17) is 4.74 Å². The van der Waals surface area contributed by atoms with Crippen LogP contribution >= 0.6 is 11.8 Å². The van der Waals surface area contributed by atoms with E-state index >= 15 is 0 Å². The van der Waals surface area contributed by atoms with Crippen LogP contribution in [0.5, 0.6) is 0 Å². The number of benzene rings is 2. The lowest BCUT2D eigenvalue weighted by Crippen LogP contribution is -2.04. The van der Waals surface area contributed by atoms with Gasteiger partial charge in [0.05, 0.1) is 17.2 Å². The van der Waals surface area contributed by atoms with Crippen LogP contribution in [-0.2, 0) is 4.74 Å². The molecule has 2 aromatic carbocycles. The van der Waals surface area contributed by atoms with Crippen LogP contribution in [0, 0.1) is 0 Å².